The summed E-state index contributed by atoms with van der Waals surface area (Å²) < 4.78 is 5.44. The molecule has 0 bridgehead atoms. The Balaban J connectivity index is 1.94. The van der Waals surface area contributed by atoms with Crippen molar-refractivity contribution in [2.45, 2.75) is 12.3 Å². The van der Waals surface area contributed by atoms with Crippen molar-refractivity contribution in [2.75, 3.05) is 44.8 Å². The van der Waals surface area contributed by atoms with Crippen LogP contribution in [-0.4, -0.2) is 46.2 Å². The van der Waals surface area contributed by atoms with E-state index in [1.807, 2.05) is 19.2 Å². The van der Waals surface area contributed by atoms with Gasteiger partial charge in [-0.3, -0.25) is 4.79 Å². The van der Waals surface area contributed by atoms with E-state index in [0.717, 1.165) is 66.0 Å². The summed E-state index contributed by atoms with van der Waals surface area (Å²) in [7, 11) is 1.95. The van der Waals surface area contributed by atoms with Crippen LogP contribution in [0.3, 0.4) is 0 Å². The molecule has 2 aromatic rings. The maximum Gasteiger partial charge on any atom is 0.160 e. The molecule has 1 unspecified atom stereocenters. The summed E-state index contributed by atoms with van der Waals surface area (Å²) >= 11 is 7.63. The average molecular weight is 379 g/mol. The molecule has 2 heterocycles. The van der Waals surface area contributed by atoms with Crippen LogP contribution in [0.1, 0.15) is 33.1 Å². The van der Waals surface area contributed by atoms with E-state index >= 15 is 0 Å². The molecule has 1 aliphatic rings. The van der Waals surface area contributed by atoms with Crippen LogP contribution in [0.4, 0.5) is 5.00 Å². The fraction of sp³-hybridized carbons (Fsp3) is 0.421. The van der Waals surface area contributed by atoms with Gasteiger partial charge in [-0.1, -0.05) is 23.7 Å². The van der Waals surface area contributed by atoms with Gasteiger partial charge in [-0.25, -0.2) is 0 Å². The molecule has 1 N–H and O–H groups in total. The minimum absolute atomic E-state index is 0.177. The summed E-state index contributed by atoms with van der Waals surface area (Å²) in [4.78, 5) is 14.8. The molecule has 0 saturated carbocycles. The number of halogens is 1. The van der Waals surface area contributed by atoms with Gasteiger partial charge in [-0.2, -0.15) is 0 Å². The highest BCUT2D eigenvalue weighted by molar-refractivity contribution is 7.17. The quantitative estimate of drug-likeness (QED) is 0.744. The number of thiophene rings is 1. The summed E-state index contributed by atoms with van der Waals surface area (Å²) in [6, 6.07) is 10.1. The smallest absolute Gasteiger partial charge is 0.160 e. The number of ether oxygens (including phenoxy) is 1. The number of benzene rings is 1. The van der Waals surface area contributed by atoms with Crippen molar-refractivity contribution in [3.63, 3.8) is 0 Å². The first-order valence-corrected chi connectivity index (χ1v) is 9.74. The number of hydrogen-bond donors (Lipinski definition) is 1. The fourth-order valence-electron chi connectivity index (χ4n) is 3.19. The molecule has 1 aliphatic heterocycles. The van der Waals surface area contributed by atoms with Crippen LogP contribution >= 0.6 is 22.9 Å². The van der Waals surface area contributed by atoms with Crippen LogP contribution in [0.2, 0.25) is 5.02 Å². The zero-order valence-corrected chi connectivity index (χ0v) is 15.9. The molecule has 1 fully saturated rings. The molecule has 25 heavy (non-hydrogen) atoms. The van der Waals surface area contributed by atoms with Gasteiger partial charge in [0.25, 0.3) is 0 Å². The van der Waals surface area contributed by atoms with E-state index in [9.17, 15) is 4.79 Å². The lowest BCUT2D eigenvalue weighted by Gasteiger charge is -2.27. The highest BCUT2D eigenvalue weighted by Crippen LogP contribution is 2.38. The highest BCUT2D eigenvalue weighted by atomic mass is 35.5. The monoisotopic (exact) mass is 378 g/mol. The van der Waals surface area contributed by atoms with Gasteiger partial charge >= 0.3 is 0 Å². The molecule has 4 nitrogen and oxygen atoms in total. The van der Waals surface area contributed by atoms with Gasteiger partial charge in [0.15, 0.2) is 6.29 Å². The van der Waals surface area contributed by atoms with Gasteiger partial charge in [-0.15, -0.1) is 11.3 Å². The van der Waals surface area contributed by atoms with E-state index in [4.69, 9.17) is 16.3 Å². The third kappa shape index (κ3) is 4.42. The summed E-state index contributed by atoms with van der Waals surface area (Å²) in [6.07, 6.45) is 1.92. The number of nitrogens with zero attached hydrogens (tertiary/aromatic N) is 1. The van der Waals surface area contributed by atoms with Crippen LogP contribution in [0.25, 0.3) is 0 Å². The maximum absolute atomic E-state index is 11.7. The zero-order valence-electron chi connectivity index (χ0n) is 14.3. The second-order valence-corrected chi connectivity index (χ2v) is 7.62. The van der Waals surface area contributed by atoms with E-state index in [-0.39, 0.29) is 5.92 Å². The molecule has 3 rings (SSSR count). The third-order valence-corrected chi connectivity index (χ3v) is 5.93. The van der Waals surface area contributed by atoms with E-state index in [1.54, 1.807) is 11.3 Å². The second-order valence-electron chi connectivity index (χ2n) is 6.12. The predicted octanol–water partition coefficient (Wildman–Crippen LogP) is 3.79. The van der Waals surface area contributed by atoms with Gasteiger partial charge in [0.2, 0.25) is 0 Å². The Morgan fingerprint density at radius 2 is 2.04 bits per heavy atom. The van der Waals surface area contributed by atoms with Crippen molar-refractivity contribution >= 4 is 34.2 Å². The molecule has 1 aromatic carbocycles. The Hall–Kier alpha value is -1.40. The molecular weight excluding hydrogens is 356 g/mol. The predicted molar refractivity (Wildman–Crippen MR) is 105 cm³/mol. The van der Waals surface area contributed by atoms with Crippen molar-refractivity contribution in [1.29, 1.82) is 0 Å². The molecule has 1 atom stereocenters. The number of carbonyl (C=O) groups is 1. The molecule has 0 spiro atoms. The van der Waals surface area contributed by atoms with Crippen LogP contribution < -0.4 is 10.2 Å². The first-order chi connectivity index (χ1) is 12.2. The van der Waals surface area contributed by atoms with E-state index in [0.29, 0.717) is 0 Å². The number of anilines is 1. The number of rotatable bonds is 7. The van der Waals surface area contributed by atoms with Gasteiger partial charge in [-0.05, 0) is 49.3 Å². The van der Waals surface area contributed by atoms with E-state index in [1.165, 1.54) is 5.56 Å². The number of morpholine rings is 1. The molecule has 1 aromatic heterocycles. The Labute approximate surface area is 157 Å². The number of hydrogen-bond acceptors (Lipinski definition) is 5. The standard InChI is InChI=1S/C19H23ClN2O2S/c1-21-7-6-16(14-2-4-15(20)5-3-14)17-12-19(25-18(17)13-23)22-8-10-24-11-9-22/h2-5,12-13,16,21H,6-11H2,1H3. The van der Waals surface area contributed by atoms with Crippen molar-refractivity contribution in [3.8, 4) is 0 Å². The average Bonchev–Trinajstić information content (AvgIpc) is 3.08. The third-order valence-electron chi connectivity index (χ3n) is 4.54. The van der Waals surface area contributed by atoms with Crippen LogP contribution in [0.15, 0.2) is 30.3 Å². The number of nitrogens with one attached hydrogen (secondary N) is 1. The Kier molecular flexibility index (Phi) is 6.48. The molecular formula is C19H23ClN2O2S. The highest BCUT2D eigenvalue weighted by Gasteiger charge is 2.23. The lowest BCUT2D eigenvalue weighted by Crippen LogP contribution is -2.35. The summed E-state index contributed by atoms with van der Waals surface area (Å²) in [5.74, 6) is 0.177. The lowest BCUT2D eigenvalue weighted by molar-refractivity contribution is 0.112. The van der Waals surface area contributed by atoms with Gasteiger partial charge in [0, 0.05) is 24.0 Å². The van der Waals surface area contributed by atoms with Crippen molar-refractivity contribution in [2.24, 2.45) is 0 Å². The molecule has 1 saturated heterocycles. The molecule has 6 heteroatoms. The lowest BCUT2D eigenvalue weighted by atomic mass is 9.88. The Morgan fingerprint density at radius 3 is 2.68 bits per heavy atom. The zero-order chi connectivity index (χ0) is 17.6. The van der Waals surface area contributed by atoms with Crippen molar-refractivity contribution in [1.82, 2.24) is 5.32 Å². The first kappa shape index (κ1) is 18.4. The SMILES string of the molecule is CNCCC(c1ccc(Cl)cc1)c1cc(N2CCOCC2)sc1C=O. The van der Waals surface area contributed by atoms with Gasteiger partial charge in [0.1, 0.15) is 0 Å². The van der Waals surface area contributed by atoms with Crippen LogP contribution in [-0.2, 0) is 4.74 Å². The van der Waals surface area contributed by atoms with Crippen LogP contribution in [0.5, 0.6) is 0 Å². The van der Waals surface area contributed by atoms with Crippen molar-refractivity contribution < 1.29 is 9.53 Å². The van der Waals surface area contributed by atoms with Gasteiger partial charge < -0.3 is 15.0 Å². The topological polar surface area (TPSA) is 41.6 Å². The summed E-state index contributed by atoms with van der Waals surface area (Å²) in [5.41, 5.74) is 2.30. The van der Waals surface area contributed by atoms with Crippen LogP contribution in [0, 0.1) is 0 Å². The molecule has 0 aliphatic carbocycles. The minimum atomic E-state index is 0.177. The Morgan fingerprint density at radius 1 is 1.32 bits per heavy atom. The maximum atomic E-state index is 11.7. The van der Waals surface area contributed by atoms with E-state index < -0.39 is 0 Å². The first-order valence-electron chi connectivity index (χ1n) is 8.54. The van der Waals surface area contributed by atoms with Crippen molar-refractivity contribution in [3.05, 3.63) is 51.4 Å². The number of aldehydes is 1. The molecule has 0 radical (unpaired) electrons. The molecule has 134 valence electrons. The second kappa shape index (κ2) is 8.81. The summed E-state index contributed by atoms with van der Waals surface area (Å²) in [6.45, 7) is 4.11. The normalized spacial score (nSPS) is 16.0. The largest absolute Gasteiger partial charge is 0.378 e. The Bertz CT molecular complexity index is 696. The molecule has 0 amide bonds. The minimum Gasteiger partial charge on any atom is -0.378 e. The van der Waals surface area contributed by atoms with E-state index in [2.05, 4.69) is 28.4 Å². The number of carbonyl (C=O) groups excluding carboxylic acids is 1. The summed E-state index contributed by atoms with van der Waals surface area (Å²) in [5, 5.41) is 5.10. The fourth-order valence-corrected chi connectivity index (χ4v) is 4.41. The van der Waals surface area contributed by atoms with Gasteiger partial charge in [0.05, 0.1) is 23.1 Å².